The van der Waals surface area contributed by atoms with Crippen LogP contribution < -0.4 is 5.14 Å². The molecule has 1 heterocycles. The van der Waals surface area contributed by atoms with Gasteiger partial charge in [-0.05, 0) is 6.07 Å². The predicted molar refractivity (Wildman–Crippen MR) is 40.6 cm³/mol. The third-order valence-electron chi connectivity index (χ3n) is 1.04. The van der Waals surface area contributed by atoms with Gasteiger partial charge >= 0.3 is 0 Å². The average molecular weight is 193 g/mol. The molecule has 0 spiro atoms. The van der Waals surface area contributed by atoms with Crippen molar-refractivity contribution in [2.75, 3.05) is 0 Å². The van der Waals surface area contributed by atoms with Crippen molar-refractivity contribution in [3.8, 4) is 0 Å². The lowest BCUT2D eigenvalue weighted by atomic mass is 10.5. The predicted octanol–water partition coefficient (Wildman–Crippen LogP) is 0.382. The van der Waals surface area contributed by atoms with Crippen LogP contribution in [0.25, 0.3) is 0 Å². The molecule has 11 heavy (non-hydrogen) atoms. The summed E-state index contributed by atoms with van der Waals surface area (Å²) in [5, 5.41) is 4.89. The van der Waals surface area contributed by atoms with Crippen LogP contribution in [0.3, 0.4) is 0 Å². The molecule has 0 amide bonds. The number of hydrogen-bond donors (Lipinski definition) is 1. The molecule has 0 atom stereocenters. The number of sulfonamides is 1. The molecule has 0 unspecified atom stereocenters. The van der Waals surface area contributed by atoms with Gasteiger partial charge in [-0.1, -0.05) is 11.6 Å². The van der Waals surface area contributed by atoms with Crippen LogP contribution in [-0.4, -0.2) is 13.4 Å². The van der Waals surface area contributed by atoms with Crippen LogP contribution in [0.15, 0.2) is 23.4 Å². The Hall–Kier alpha value is -0.650. The van der Waals surface area contributed by atoms with Crippen molar-refractivity contribution in [3.63, 3.8) is 0 Å². The van der Waals surface area contributed by atoms with Gasteiger partial charge in [-0.25, -0.2) is 13.6 Å². The molecule has 1 aromatic rings. The van der Waals surface area contributed by atoms with E-state index in [2.05, 4.69) is 4.98 Å². The first-order valence-electron chi connectivity index (χ1n) is 2.64. The minimum Gasteiger partial charge on any atom is -0.263 e. The van der Waals surface area contributed by atoms with Crippen molar-refractivity contribution in [2.45, 2.75) is 4.90 Å². The zero-order chi connectivity index (χ0) is 8.48. The minimum absolute atomic E-state index is 0.0856. The van der Waals surface area contributed by atoms with Gasteiger partial charge in [0.15, 0.2) is 0 Å². The molecule has 1 rings (SSSR count). The van der Waals surface area contributed by atoms with Crippen LogP contribution in [0.5, 0.6) is 0 Å². The van der Waals surface area contributed by atoms with Crippen LogP contribution in [0.4, 0.5) is 0 Å². The van der Waals surface area contributed by atoms with E-state index in [0.717, 1.165) is 6.20 Å². The van der Waals surface area contributed by atoms with Crippen LogP contribution >= 0.6 is 11.6 Å². The first kappa shape index (κ1) is 8.45. The third kappa shape index (κ3) is 1.89. The normalized spacial score (nSPS) is 11.5. The maximum atomic E-state index is 10.7. The lowest BCUT2D eigenvalue weighted by Crippen LogP contribution is -2.12. The van der Waals surface area contributed by atoms with E-state index in [4.69, 9.17) is 16.7 Å². The molecule has 0 saturated carbocycles. The molecule has 0 saturated heterocycles. The summed E-state index contributed by atoms with van der Waals surface area (Å²) in [6, 6.07) is 1.36. The molecule has 2 N–H and O–H groups in total. The maximum absolute atomic E-state index is 10.7. The largest absolute Gasteiger partial charge is 0.263 e. The van der Waals surface area contributed by atoms with Gasteiger partial charge in [0.2, 0.25) is 10.0 Å². The zero-order valence-electron chi connectivity index (χ0n) is 5.36. The Labute approximate surface area is 69.1 Å². The first-order valence-corrected chi connectivity index (χ1v) is 4.56. The van der Waals surface area contributed by atoms with Gasteiger partial charge in [-0.2, -0.15) is 0 Å². The Kier molecular flexibility index (Phi) is 2.12. The molecule has 60 valence electrons. The van der Waals surface area contributed by atoms with Crippen molar-refractivity contribution in [1.29, 1.82) is 0 Å². The van der Waals surface area contributed by atoms with Gasteiger partial charge in [0.25, 0.3) is 0 Å². The summed E-state index contributed by atoms with van der Waals surface area (Å²) in [5.74, 6) is 0. The molecule has 0 aliphatic carbocycles. The lowest BCUT2D eigenvalue weighted by molar-refractivity contribution is 0.597. The zero-order valence-corrected chi connectivity index (χ0v) is 6.93. The van der Waals surface area contributed by atoms with Crippen molar-refractivity contribution in [2.24, 2.45) is 5.14 Å². The van der Waals surface area contributed by atoms with Gasteiger partial charge in [-0.3, -0.25) is 4.98 Å². The number of nitrogens with two attached hydrogens (primary N) is 1. The van der Waals surface area contributed by atoms with Crippen LogP contribution in [0.1, 0.15) is 0 Å². The number of aromatic nitrogens is 1. The Morgan fingerprint density at radius 3 is 2.55 bits per heavy atom. The van der Waals surface area contributed by atoms with Crippen molar-refractivity contribution in [3.05, 3.63) is 23.5 Å². The third-order valence-corrected chi connectivity index (χ3v) is 2.42. The molecular formula is C5H5ClN2O2S. The smallest absolute Gasteiger partial charge is 0.241 e. The molecule has 0 bridgehead atoms. The molecule has 0 fully saturated rings. The highest BCUT2D eigenvalue weighted by Crippen LogP contribution is 2.16. The van der Waals surface area contributed by atoms with E-state index in [1.54, 1.807) is 0 Å². The Morgan fingerprint density at radius 2 is 2.18 bits per heavy atom. The van der Waals surface area contributed by atoms with E-state index in [1.165, 1.54) is 12.3 Å². The number of nitrogens with zero attached hydrogens (tertiary/aromatic N) is 1. The van der Waals surface area contributed by atoms with E-state index in [-0.39, 0.29) is 9.92 Å². The Balaban J connectivity index is 3.37. The molecule has 0 aliphatic heterocycles. The second kappa shape index (κ2) is 2.77. The van der Waals surface area contributed by atoms with Gasteiger partial charge in [0, 0.05) is 12.4 Å². The first-order chi connectivity index (χ1) is 5.02. The quantitative estimate of drug-likeness (QED) is 0.699. The van der Waals surface area contributed by atoms with E-state index in [0.29, 0.717) is 0 Å². The fourth-order valence-electron chi connectivity index (χ4n) is 0.572. The number of hydrogen-bond acceptors (Lipinski definition) is 3. The molecule has 4 nitrogen and oxygen atoms in total. The summed E-state index contributed by atoms with van der Waals surface area (Å²) in [5.41, 5.74) is 0. The monoisotopic (exact) mass is 192 g/mol. The van der Waals surface area contributed by atoms with Crippen molar-refractivity contribution < 1.29 is 8.42 Å². The van der Waals surface area contributed by atoms with Gasteiger partial charge in [0.05, 0.1) is 5.02 Å². The SMILES string of the molecule is NS(=O)(=O)c1cnccc1Cl. The molecule has 1 aromatic heterocycles. The maximum Gasteiger partial charge on any atom is 0.241 e. The number of halogens is 1. The van der Waals surface area contributed by atoms with E-state index >= 15 is 0 Å². The number of pyridine rings is 1. The summed E-state index contributed by atoms with van der Waals surface area (Å²) in [6.07, 6.45) is 2.49. The van der Waals surface area contributed by atoms with E-state index in [1.807, 2.05) is 0 Å². The fourth-order valence-corrected chi connectivity index (χ4v) is 1.55. The standard InChI is InChI=1S/C5H5ClN2O2S/c6-4-1-2-8-3-5(4)11(7,9)10/h1-3H,(H2,7,9,10). The second-order valence-electron chi connectivity index (χ2n) is 1.85. The molecular weight excluding hydrogens is 188 g/mol. The number of primary sulfonamides is 1. The van der Waals surface area contributed by atoms with Crippen molar-refractivity contribution in [1.82, 2.24) is 4.98 Å². The summed E-state index contributed by atoms with van der Waals surface area (Å²) in [4.78, 5) is 3.42. The second-order valence-corrected chi connectivity index (χ2v) is 3.79. The highest BCUT2D eigenvalue weighted by atomic mass is 35.5. The van der Waals surface area contributed by atoms with Gasteiger partial charge in [0.1, 0.15) is 4.90 Å². The minimum atomic E-state index is -3.73. The van der Waals surface area contributed by atoms with E-state index < -0.39 is 10.0 Å². The van der Waals surface area contributed by atoms with Gasteiger partial charge in [-0.15, -0.1) is 0 Å². The van der Waals surface area contributed by atoms with Crippen LogP contribution in [0.2, 0.25) is 5.02 Å². The Bertz CT molecular complexity index is 363. The Morgan fingerprint density at radius 1 is 1.55 bits per heavy atom. The number of rotatable bonds is 1. The highest BCUT2D eigenvalue weighted by Gasteiger charge is 2.11. The topological polar surface area (TPSA) is 73.1 Å². The van der Waals surface area contributed by atoms with Gasteiger partial charge < -0.3 is 0 Å². The average Bonchev–Trinajstić information content (AvgIpc) is 1.86. The van der Waals surface area contributed by atoms with Crippen LogP contribution in [-0.2, 0) is 10.0 Å². The summed E-state index contributed by atoms with van der Waals surface area (Å²) >= 11 is 5.51. The molecule has 0 aromatic carbocycles. The molecule has 0 radical (unpaired) electrons. The lowest BCUT2D eigenvalue weighted by Gasteiger charge is -1.97. The summed E-state index contributed by atoms with van der Waals surface area (Å²) in [6.45, 7) is 0. The van der Waals surface area contributed by atoms with Crippen LogP contribution in [0, 0.1) is 0 Å². The fraction of sp³-hybridized carbons (Fsp3) is 0. The van der Waals surface area contributed by atoms with Crippen molar-refractivity contribution >= 4 is 21.6 Å². The van der Waals surface area contributed by atoms with E-state index in [9.17, 15) is 8.42 Å². The summed E-state index contributed by atoms with van der Waals surface area (Å²) in [7, 11) is -3.73. The molecule has 6 heteroatoms. The summed E-state index contributed by atoms with van der Waals surface area (Å²) < 4.78 is 21.4. The molecule has 0 aliphatic rings. The highest BCUT2D eigenvalue weighted by molar-refractivity contribution is 7.89.